The Morgan fingerprint density at radius 2 is 2.16 bits per heavy atom. The molecule has 9 nitrogen and oxygen atoms in total. The van der Waals surface area contributed by atoms with Gasteiger partial charge in [-0.3, -0.25) is 10.0 Å². The van der Waals surface area contributed by atoms with Crippen LogP contribution in [0.5, 0.6) is 0 Å². The van der Waals surface area contributed by atoms with Crippen molar-refractivity contribution >= 4 is 17.1 Å². The Balaban J connectivity index is 2.07. The average Bonchev–Trinajstić information content (AvgIpc) is 2.94. The van der Waals surface area contributed by atoms with Gasteiger partial charge in [0, 0.05) is 6.20 Å². The van der Waals surface area contributed by atoms with Gasteiger partial charge in [0.2, 0.25) is 5.82 Å². The van der Waals surface area contributed by atoms with E-state index >= 15 is 0 Å². The normalized spacial score (nSPS) is 10.6. The van der Waals surface area contributed by atoms with Gasteiger partial charge < -0.3 is 4.98 Å². The molecule has 0 radical (unpaired) electrons. The molecule has 0 spiro atoms. The maximum absolute atomic E-state index is 11.2. The zero-order chi connectivity index (χ0) is 13.2. The molecule has 0 aliphatic heterocycles. The Morgan fingerprint density at radius 3 is 3.00 bits per heavy atom. The number of hydrogen-bond acceptors (Lipinski definition) is 7. The Hall–Kier alpha value is -2.94. The van der Waals surface area contributed by atoms with Crippen molar-refractivity contribution in [3.63, 3.8) is 0 Å². The van der Waals surface area contributed by atoms with Crippen molar-refractivity contribution in [3.05, 3.63) is 30.6 Å². The van der Waals surface area contributed by atoms with E-state index in [9.17, 15) is 4.79 Å². The fourth-order valence-electron chi connectivity index (χ4n) is 1.50. The highest BCUT2D eigenvalue weighted by molar-refractivity contribution is 5.89. The number of amides is 1. The molecular formula is C10H7N7O2. The van der Waals surface area contributed by atoms with Crippen molar-refractivity contribution in [2.24, 2.45) is 0 Å². The number of carbonyl (C=O) groups is 1. The molecular weight excluding hydrogens is 250 g/mol. The minimum Gasteiger partial charge on any atom is -0.342 e. The maximum atomic E-state index is 11.2. The molecule has 0 fully saturated rings. The van der Waals surface area contributed by atoms with Gasteiger partial charge in [0.15, 0.2) is 11.5 Å². The summed E-state index contributed by atoms with van der Waals surface area (Å²) >= 11 is 0. The van der Waals surface area contributed by atoms with Crippen LogP contribution in [-0.2, 0) is 0 Å². The van der Waals surface area contributed by atoms with Crippen molar-refractivity contribution in [2.75, 3.05) is 0 Å². The lowest BCUT2D eigenvalue weighted by atomic mass is 10.3. The molecule has 0 saturated carbocycles. The monoisotopic (exact) mass is 257 g/mol. The Labute approximate surface area is 105 Å². The number of hydrogen-bond donors (Lipinski definition) is 3. The van der Waals surface area contributed by atoms with E-state index in [1.165, 1.54) is 18.0 Å². The van der Waals surface area contributed by atoms with E-state index in [0.29, 0.717) is 22.7 Å². The Bertz CT molecular complexity index is 754. The molecule has 1 amide bonds. The van der Waals surface area contributed by atoms with Crippen LogP contribution in [0, 0.1) is 0 Å². The highest BCUT2D eigenvalue weighted by Crippen LogP contribution is 2.13. The minimum absolute atomic E-state index is 0.175. The van der Waals surface area contributed by atoms with Crippen LogP contribution in [0.4, 0.5) is 0 Å². The van der Waals surface area contributed by atoms with Gasteiger partial charge in [-0.05, 0) is 6.07 Å². The molecule has 3 aromatic rings. The second-order valence-electron chi connectivity index (χ2n) is 3.54. The van der Waals surface area contributed by atoms with Gasteiger partial charge in [-0.1, -0.05) is 0 Å². The lowest BCUT2D eigenvalue weighted by Gasteiger charge is -2.01. The summed E-state index contributed by atoms with van der Waals surface area (Å²) in [5.41, 5.74) is 3.02. The van der Waals surface area contributed by atoms with E-state index < -0.39 is 5.91 Å². The quantitative estimate of drug-likeness (QED) is 0.432. The van der Waals surface area contributed by atoms with Crippen molar-refractivity contribution in [1.29, 1.82) is 0 Å². The summed E-state index contributed by atoms with van der Waals surface area (Å²) in [5, 5.41) is 8.54. The van der Waals surface area contributed by atoms with Gasteiger partial charge in [-0.15, -0.1) is 0 Å². The summed E-state index contributed by atoms with van der Waals surface area (Å²) in [5.74, 6) is -0.664. The molecule has 0 unspecified atom stereocenters. The third-order valence-electron chi connectivity index (χ3n) is 2.36. The fourth-order valence-corrected chi connectivity index (χ4v) is 1.50. The molecule has 0 aromatic carbocycles. The lowest BCUT2D eigenvalue weighted by Crippen LogP contribution is -2.21. The van der Waals surface area contributed by atoms with Crippen molar-refractivity contribution in [3.8, 4) is 11.5 Å². The molecule has 3 aromatic heterocycles. The molecule has 94 valence electrons. The average molecular weight is 257 g/mol. The van der Waals surface area contributed by atoms with Gasteiger partial charge in [0.05, 0.1) is 12.5 Å². The van der Waals surface area contributed by atoms with Crippen LogP contribution in [0.15, 0.2) is 24.8 Å². The van der Waals surface area contributed by atoms with Crippen LogP contribution in [0.25, 0.3) is 22.7 Å². The highest BCUT2D eigenvalue weighted by Gasteiger charge is 2.11. The van der Waals surface area contributed by atoms with E-state index in [1.807, 2.05) is 0 Å². The minimum atomic E-state index is -0.803. The number of carbonyl (C=O) groups excluding carboxylic acids is 1. The molecule has 0 aliphatic rings. The smallest absolute Gasteiger partial charge is 0.312 e. The predicted molar refractivity (Wildman–Crippen MR) is 62.0 cm³/mol. The van der Waals surface area contributed by atoms with E-state index in [0.717, 1.165) is 0 Å². The number of hydroxylamine groups is 1. The van der Waals surface area contributed by atoms with E-state index in [-0.39, 0.29) is 5.82 Å². The van der Waals surface area contributed by atoms with Gasteiger partial charge in [-0.2, -0.15) is 0 Å². The Morgan fingerprint density at radius 1 is 1.26 bits per heavy atom. The third-order valence-corrected chi connectivity index (χ3v) is 2.36. The van der Waals surface area contributed by atoms with Crippen LogP contribution in [0.1, 0.15) is 10.6 Å². The number of aromatic nitrogens is 6. The summed E-state index contributed by atoms with van der Waals surface area (Å²) in [6.07, 6.45) is 4.46. The zero-order valence-electron chi connectivity index (χ0n) is 9.40. The fraction of sp³-hybridized carbons (Fsp3) is 0. The molecule has 9 heteroatoms. The summed E-state index contributed by atoms with van der Waals surface area (Å²) in [6.45, 7) is 0. The Kier molecular flexibility index (Phi) is 2.58. The predicted octanol–water partition coefficient (Wildman–Crippen LogP) is -0.0711. The number of rotatable bonds is 2. The molecule has 3 N–H and O–H groups in total. The molecule has 3 rings (SSSR count). The number of nitrogens with one attached hydrogen (secondary N) is 2. The summed E-state index contributed by atoms with van der Waals surface area (Å²) in [4.78, 5) is 34.1. The molecule has 0 atom stereocenters. The van der Waals surface area contributed by atoms with Gasteiger partial charge in [0.25, 0.3) is 0 Å². The van der Waals surface area contributed by atoms with Crippen LogP contribution >= 0.6 is 0 Å². The topological polar surface area (TPSA) is 130 Å². The van der Waals surface area contributed by atoms with Gasteiger partial charge in [-0.25, -0.2) is 30.4 Å². The number of nitrogens with zero attached hydrogens (tertiary/aromatic N) is 5. The summed E-state index contributed by atoms with van der Waals surface area (Å²) in [7, 11) is 0. The van der Waals surface area contributed by atoms with E-state index in [4.69, 9.17) is 5.21 Å². The number of fused-ring (bicyclic) bond motifs is 1. The lowest BCUT2D eigenvalue weighted by molar-refractivity contribution is 0.0694. The highest BCUT2D eigenvalue weighted by atomic mass is 16.5. The SMILES string of the molecule is O=C(NO)c1nccc(-c2ncc3[nH]cnc3n2)n1. The number of aromatic amines is 1. The second kappa shape index (κ2) is 4.38. The van der Waals surface area contributed by atoms with Gasteiger partial charge in [0.1, 0.15) is 11.2 Å². The number of H-pyrrole nitrogens is 1. The first-order valence-corrected chi connectivity index (χ1v) is 5.22. The first-order valence-electron chi connectivity index (χ1n) is 5.22. The number of imidazole rings is 1. The zero-order valence-corrected chi connectivity index (χ0v) is 9.40. The molecule has 0 saturated heterocycles. The van der Waals surface area contributed by atoms with Crippen molar-refractivity contribution in [1.82, 2.24) is 35.4 Å². The first kappa shape index (κ1) is 11.2. The summed E-state index contributed by atoms with van der Waals surface area (Å²) in [6, 6.07) is 1.56. The summed E-state index contributed by atoms with van der Waals surface area (Å²) < 4.78 is 0. The van der Waals surface area contributed by atoms with E-state index in [2.05, 4.69) is 29.9 Å². The molecule has 3 heterocycles. The van der Waals surface area contributed by atoms with Crippen LogP contribution in [0.3, 0.4) is 0 Å². The van der Waals surface area contributed by atoms with Crippen molar-refractivity contribution in [2.45, 2.75) is 0 Å². The van der Waals surface area contributed by atoms with Crippen LogP contribution in [-0.4, -0.2) is 41.0 Å². The van der Waals surface area contributed by atoms with Crippen LogP contribution < -0.4 is 5.48 Å². The molecule has 0 aliphatic carbocycles. The third kappa shape index (κ3) is 1.98. The van der Waals surface area contributed by atoms with Crippen LogP contribution in [0.2, 0.25) is 0 Å². The van der Waals surface area contributed by atoms with Gasteiger partial charge >= 0.3 is 5.91 Å². The second-order valence-corrected chi connectivity index (χ2v) is 3.54. The standard InChI is InChI=1S/C10H7N7O2/c18-10(17-19)9-11-2-1-5(15-9)7-12-3-6-8(16-7)14-4-13-6/h1-4,19H,(H,17,18)(H,12,13,14,16). The molecule has 19 heavy (non-hydrogen) atoms. The largest absolute Gasteiger partial charge is 0.342 e. The maximum Gasteiger partial charge on any atom is 0.312 e. The molecule has 0 bridgehead atoms. The van der Waals surface area contributed by atoms with E-state index in [1.54, 1.807) is 12.3 Å². The van der Waals surface area contributed by atoms with Crippen molar-refractivity contribution < 1.29 is 10.0 Å². The first-order chi connectivity index (χ1) is 9.28.